The Bertz CT molecular complexity index is 814. The number of quaternary nitrogens is 2. The van der Waals surface area contributed by atoms with Crippen LogP contribution in [0.3, 0.4) is 0 Å². The van der Waals surface area contributed by atoms with E-state index in [0.29, 0.717) is 20.1 Å². The van der Waals surface area contributed by atoms with Gasteiger partial charge in [-0.3, -0.25) is 18.0 Å². The molecular weight excluding hydrogens is 536 g/mol. The SMILES string of the molecule is C=C(C)C(=O)NC(C(O)CO)[N+](C)(C)CCC.C=C(C)C(=O)NC(C(O)CO)[N+](C)(C)CCC.O=S(=O)([O-])[O-]. The Labute approximate surface area is 233 Å². The lowest BCUT2D eigenvalue weighted by atomic mass is 10.2. The van der Waals surface area contributed by atoms with Crippen LogP contribution in [0.25, 0.3) is 0 Å². The second kappa shape index (κ2) is 19.2. The van der Waals surface area contributed by atoms with Crippen molar-refractivity contribution in [2.24, 2.45) is 0 Å². The van der Waals surface area contributed by atoms with Crippen molar-refractivity contribution in [2.75, 3.05) is 54.5 Å². The summed E-state index contributed by atoms with van der Waals surface area (Å²) in [6.45, 7) is 15.2. The highest BCUT2D eigenvalue weighted by atomic mass is 32.3. The fraction of sp³-hybridized carbons (Fsp3) is 0.750. The largest absolute Gasteiger partial charge is 0.759 e. The highest BCUT2D eigenvalue weighted by Gasteiger charge is 2.36. The van der Waals surface area contributed by atoms with Gasteiger partial charge in [0, 0.05) is 21.5 Å². The summed E-state index contributed by atoms with van der Waals surface area (Å²) in [6.07, 6.45) is -1.21. The van der Waals surface area contributed by atoms with E-state index in [2.05, 4.69) is 23.8 Å². The summed E-state index contributed by atoms with van der Waals surface area (Å²) in [5, 5.41) is 43.1. The van der Waals surface area contributed by atoms with Crippen molar-refractivity contribution >= 4 is 22.2 Å². The highest BCUT2D eigenvalue weighted by Crippen LogP contribution is 2.12. The summed E-state index contributed by atoms with van der Waals surface area (Å²) in [5.74, 6) is -0.602. The van der Waals surface area contributed by atoms with Crippen molar-refractivity contribution < 1.29 is 56.5 Å². The van der Waals surface area contributed by atoms with Gasteiger partial charge in [0.15, 0.2) is 12.3 Å². The first-order valence-corrected chi connectivity index (χ1v) is 13.7. The van der Waals surface area contributed by atoms with E-state index in [4.69, 9.17) is 27.7 Å². The lowest BCUT2D eigenvalue weighted by molar-refractivity contribution is -0.921. The molecule has 0 aromatic rings. The number of aliphatic hydroxyl groups is 4. The van der Waals surface area contributed by atoms with E-state index in [1.807, 2.05) is 42.0 Å². The predicted octanol–water partition coefficient (Wildman–Crippen LogP) is -1.65. The Morgan fingerprint density at radius 2 is 1.00 bits per heavy atom. The second-order valence-electron chi connectivity index (χ2n) is 10.3. The van der Waals surface area contributed by atoms with E-state index in [9.17, 15) is 19.8 Å². The van der Waals surface area contributed by atoms with Gasteiger partial charge in [-0.25, -0.2) is 0 Å². The molecule has 15 heteroatoms. The minimum Gasteiger partial charge on any atom is -0.759 e. The van der Waals surface area contributed by atoms with Crippen LogP contribution in [0, 0.1) is 0 Å². The normalized spacial score (nSPS) is 14.7. The Morgan fingerprint density at radius 1 is 0.769 bits per heavy atom. The fourth-order valence-corrected chi connectivity index (χ4v) is 3.62. The zero-order chi connectivity index (χ0) is 31.8. The fourth-order valence-electron chi connectivity index (χ4n) is 3.62. The van der Waals surface area contributed by atoms with Crippen LogP contribution >= 0.6 is 0 Å². The maximum Gasteiger partial charge on any atom is 0.250 e. The molecule has 232 valence electrons. The molecule has 0 rings (SSSR count). The van der Waals surface area contributed by atoms with Crippen LogP contribution in [0.4, 0.5) is 0 Å². The lowest BCUT2D eigenvalue weighted by Crippen LogP contribution is -2.63. The number of hydrogen-bond donors (Lipinski definition) is 6. The van der Waals surface area contributed by atoms with Crippen molar-refractivity contribution in [3.05, 3.63) is 24.3 Å². The third-order valence-corrected chi connectivity index (χ3v) is 5.54. The number of likely N-dealkylation sites (N-methyl/N-ethyl adjacent to an activating group) is 2. The molecular formula is C24H50N4O10S. The van der Waals surface area contributed by atoms with Crippen LogP contribution in [-0.2, 0) is 20.0 Å². The van der Waals surface area contributed by atoms with Crippen molar-refractivity contribution in [1.29, 1.82) is 0 Å². The van der Waals surface area contributed by atoms with Gasteiger partial charge in [0.2, 0.25) is 0 Å². The summed E-state index contributed by atoms with van der Waals surface area (Å²) in [6, 6.07) is 0. The number of carbonyl (C=O) groups is 2. The van der Waals surface area contributed by atoms with E-state index >= 15 is 0 Å². The zero-order valence-electron chi connectivity index (χ0n) is 24.5. The summed E-state index contributed by atoms with van der Waals surface area (Å²) in [7, 11) is 2.47. The molecule has 0 aromatic heterocycles. The lowest BCUT2D eigenvalue weighted by Gasteiger charge is -2.40. The molecule has 0 saturated carbocycles. The van der Waals surface area contributed by atoms with Crippen LogP contribution in [0.2, 0.25) is 0 Å². The van der Waals surface area contributed by atoms with Gasteiger partial charge in [-0.05, 0) is 26.7 Å². The van der Waals surface area contributed by atoms with E-state index < -0.39 is 34.9 Å². The van der Waals surface area contributed by atoms with E-state index in [-0.39, 0.29) is 25.0 Å². The third kappa shape index (κ3) is 19.7. The first-order valence-electron chi connectivity index (χ1n) is 12.3. The van der Waals surface area contributed by atoms with Gasteiger partial charge in [-0.2, -0.15) is 0 Å². The average Bonchev–Trinajstić information content (AvgIpc) is 2.78. The van der Waals surface area contributed by atoms with Crippen LogP contribution < -0.4 is 10.6 Å². The van der Waals surface area contributed by atoms with Gasteiger partial charge >= 0.3 is 0 Å². The van der Waals surface area contributed by atoms with Gasteiger partial charge in [-0.1, -0.05) is 27.0 Å². The maximum atomic E-state index is 11.6. The molecule has 4 atom stereocenters. The van der Waals surface area contributed by atoms with E-state index in [0.717, 1.165) is 25.9 Å². The number of hydrogen-bond acceptors (Lipinski definition) is 10. The molecule has 4 unspecified atom stereocenters. The smallest absolute Gasteiger partial charge is 0.250 e. The standard InChI is InChI=1S/2C12H24N2O3.H2O4S/c2*1-6-7-14(4,5)11(10(16)8-15)13-12(17)9(2)3;1-5(2,3)4/h2*10-11,15-16H,2,6-8H2,1,3-5H3;(H2,1,2,3,4). The van der Waals surface area contributed by atoms with Crippen molar-refractivity contribution in [3.63, 3.8) is 0 Å². The summed E-state index contributed by atoms with van der Waals surface area (Å²) in [5.41, 5.74) is 0.772. The molecule has 0 fully saturated rings. The second-order valence-corrected chi connectivity index (χ2v) is 11.1. The van der Waals surface area contributed by atoms with Crippen molar-refractivity contribution in [2.45, 2.75) is 65.1 Å². The first-order chi connectivity index (χ1) is 17.5. The first kappa shape index (κ1) is 41.5. The minimum absolute atomic E-state index is 0.301. The van der Waals surface area contributed by atoms with Gasteiger partial charge in [0.1, 0.15) is 12.2 Å². The predicted molar refractivity (Wildman–Crippen MR) is 145 cm³/mol. The molecule has 14 nitrogen and oxygen atoms in total. The maximum absolute atomic E-state index is 11.6. The molecule has 0 spiro atoms. The van der Waals surface area contributed by atoms with E-state index in [1.165, 1.54) is 0 Å². The Kier molecular flexibility index (Phi) is 20.4. The molecule has 6 N–H and O–H groups in total. The number of carbonyl (C=O) groups excluding carboxylic acids is 2. The molecule has 0 saturated heterocycles. The van der Waals surface area contributed by atoms with Gasteiger partial charge < -0.3 is 49.1 Å². The molecule has 0 aliphatic carbocycles. The van der Waals surface area contributed by atoms with Gasteiger partial charge in [0.05, 0.1) is 54.5 Å². The molecule has 0 heterocycles. The van der Waals surface area contributed by atoms with Gasteiger partial charge in [-0.15, -0.1) is 0 Å². The molecule has 0 aliphatic rings. The monoisotopic (exact) mass is 586 g/mol. The van der Waals surface area contributed by atoms with Crippen molar-refractivity contribution in [1.82, 2.24) is 10.6 Å². The van der Waals surface area contributed by atoms with Crippen LogP contribution in [0.1, 0.15) is 40.5 Å². The zero-order valence-corrected chi connectivity index (χ0v) is 25.3. The van der Waals surface area contributed by atoms with Crippen LogP contribution in [0.15, 0.2) is 24.3 Å². The summed E-state index contributed by atoms with van der Waals surface area (Å²) >= 11 is 0. The molecule has 0 bridgehead atoms. The number of aliphatic hydroxyl groups excluding tert-OH is 4. The van der Waals surface area contributed by atoms with Crippen molar-refractivity contribution in [3.8, 4) is 0 Å². The minimum atomic E-state index is -5.17. The Hall–Kier alpha value is -1.95. The Morgan fingerprint density at radius 3 is 1.15 bits per heavy atom. The van der Waals surface area contributed by atoms with Gasteiger partial charge in [0.25, 0.3) is 11.8 Å². The average molecular weight is 587 g/mol. The third-order valence-electron chi connectivity index (χ3n) is 5.54. The highest BCUT2D eigenvalue weighted by molar-refractivity contribution is 7.79. The molecule has 0 aliphatic heterocycles. The molecule has 2 amide bonds. The summed E-state index contributed by atoms with van der Waals surface area (Å²) < 4.78 is 34.9. The molecule has 0 aromatic carbocycles. The van der Waals surface area contributed by atoms with Crippen LogP contribution in [-0.4, -0.2) is 138 Å². The number of amides is 2. The number of nitrogens with zero attached hydrogens (tertiary/aromatic N) is 2. The topological polar surface area (TPSA) is 219 Å². The van der Waals surface area contributed by atoms with Crippen LogP contribution in [0.5, 0.6) is 0 Å². The van der Waals surface area contributed by atoms with E-state index in [1.54, 1.807) is 13.8 Å². The Balaban J connectivity index is -0.000000566. The molecule has 0 radical (unpaired) electrons. The molecule has 39 heavy (non-hydrogen) atoms. The number of nitrogens with one attached hydrogen (secondary N) is 2. The summed E-state index contributed by atoms with van der Waals surface area (Å²) in [4.78, 5) is 23.2. The quantitative estimate of drug-likeness (QED) is 0.0448. The number of rotatable bonds is 14.